The van der Waals surface area contributed by atoms with E-state index in [0.29, 0.717) is 6.10 Å². The van der Waals surface area contributed by atoms with Crippen LogP contribution in [0.3, 0.4) is 0 Å². The number of nitrogens with zero attached hydrogens (tertiary/aromatic N) is 4. The maximum Gasteiger partial charge on any atom is 0.183 e. The first-order valence-corrected chi connectivity index (χ1v) is 6.90. The van der Waals surface area contributed by atoms with Gasteiger partial charge in [0.1, 0.15) is 0 Å². The van der Waals surface area contributed by atoms with Gasteiger partial charge in [-0.25, -0.2) is 0 Å². The van der Waals surface area contributed by atoms with E-state index >= 15 is 0 Å². The van der Waals surface area contributed by atoms with Crippen LogP contribution in [0.25, 0.3) is 5.41 Å². The molecular weight excluding hydrogens is 240 g/mol. The summed E-state index contributed by atoms with van der Waals surface area (Å²) >= 11 is 0. The molecule has 5 nitrogen and oxygen atoms in total. The SMILES string of the molecule is CC(C)C[N+]1(COC(C)C)CCCC1.N#CN=C=[N-]. The molecule has 0 aliphatic carbocycles. The maximum atomic E-state index is 7.43. The topological polar surface area (TPSA) is 67.7 Å². The molecule has 1 aliphatic rings. The summed E-state index contributed by atoms with van der Waals surface area (Å²) in [5, 5.41) is 14.9. The molecule has 0 saturated carbocycles. The summed E-state index contributed by atoms with van der Waals surface area (Å²) in [5.74, 6) is 0.781. The van der Waals surface area contributed by atoms with Gasteiger partial charge in [-0.2, -0.15) is 5.26 Å². The van der Waals surface area contributed by atoms with Crippen LogP contribution in [0, 0.1) is 17.4 Å². The Morgan fingerprint density at radius 1 is 1.26 bits per heavy atom. The van der Waals surface area contributed by atoms with E-state index in [9.17, 15) is 0 Å². The van der Waals surface area contributed by atoms with E-state index in [4.69, 9.17) is 15.4 Å². The van der Waals surface area contributed by atoms with E-state index in [1.165, 1.54) is 49.2 Å². The van der Waals surface area contributed by atoms with Crippen molar-refractivity contribution < 1.29 is 9.22 Å². The Kier molecular flexibility index (Phi) is 9.07. The molecule has 0 atom stereocenters. The highest BCUT2D eigenvalue weighted by Gasteiger charge is 2.32. The Morgan fingerprint density at radius 2 is 1.84 bits per heavy atom. The number of rotatable bonds is 5. The van der Waals surface area contributed by atoms with E-state index in [-0.39, 0.29) is 0 Å². The van der Waals surface area contributed by atoms with Crippen LogP contribution in [0.1, 0.15) is 40.5 Å². The van der Waals surface area contributed by atoms with Crippen molar-refractivity contribution in [3.63, 3.8) is 0 Å². The highest BCUT2D eigenvalue weighted by atomic mass is 16.5. The molecule has 1 fully saturated rings. The van der Waals surface area contributed by atoms with Gasteiger partial charge in [0.15, 0.2) is 6.73 Å². The van der Waals surface area contributed by atoms with Crippen molar-refractivity contribution in [2.75, 3.05) is 26.4 Å². The minimum Gasteiger partial charge on any atom is -0.422 e. The molecule has 1 heterocycles. The van der Waals surface area contributed by atoms with Crippen LogP contribution in [0.15, 0.2) is 4.99 Å². The number of ether oxygens (including phenoxy) is 1. The Labute approximate surface area is 117 Å². The number of aliphatic imine (C=N–C) groups is 1. The standard InChI is InChI=1S/C12H26NO.C2N3/c1-11(2)9-13(7-5-6-8-13)10-14-12(3)4;3-1-5-2-4/h11-12H,5-10H2,1-4H3;/q+1;-1. The number of hydrogen-bond acceptors (Lipinski definition) is 3. The third kappa shape index (κ3) is 8.50. The Balaban J connectivity index is 0.000000555. The summed E-state index contributed by atoms with van der Waals surface area (Å²) < 4.78 is 7.01. The van der Waals surface area contributed by atoms with Crippen molar-refractivity contribution in [1.82, 2.24) is 0 Å². The van der Waals surface area contributed by atoms with Crippen molar-refractivity contribution in [1.29, 1.82) is 5.26 Å². The second kappa shape index (κ2) is 9.69. The van der Waals surface area contributed by atoms with Crippen molar-refractivity contribution in [2.45, 2.75) is 46.6 Å². The van der Waals surface area contributed by atoms with Gasteiger partial charge in [-0.3, -0.25) is 0 Å². The van der Waals surface area contributed by atoms with Crippen molar-refractivity contribution in [3.05, 3.63) is 5.41 Å². The zero-order chi connectivity index (χ0) is 14.7. The van der Waals surface area contributed by atoms with E-state index in [1.54, 1.807) is 0 Å². The number of hydrogen-bond donors (Lipinski definition) is 0. The molecular formula is C14H26N4O. The average Bonchev–Trinajstić information content (AvgIpc) is 2.77. The molecule has 108 valence electrons. The molecule has 0 aromatic rings. The number of likely N-dealkylation sites (tertiary alicyclic amines) is 1. The molecule has 0 spiro atoms. The normalized spacial score (nSPS) is 16.5. The van der Waals surface area contributed by atoms with Gasteiger partial charge in [0.05, 0.1) is 31.9 Å². The minimum absolute atomic E-state index is 0.373. The summed E-state index contributed by atoms with van der Waals surface area (Å²) in [7, 11) is 0. The van der Waals surface area contributed by atoms with Crippen LogP contribution in [-0.2, 0) is 4.74 Å². The highest BCUT2D eigenvalue weighted by molar-refractivity contribution is 5.46. The van der Waals surface area contributed by atoms with E-state index in [0.717, 1.165) is 12.6 Å². The van der Waals surface area contributed by atoms with Crippen molar-refractivity contribution in [2.24, 2.45) is 10.9 Å². The first kappa shape index (κ1) is 17.8. The second-order valence-corrected chi connectivity index (χ2v) is 5.73. The van der Waals surface area contributed by atoms with Crippen molar-refractivity contribution >= 4 is 6.01 Å². The minimum atomic E-state index is 0.373. The van der Waals surface area contributed by atoms with Gasteiger partial charge in [-0.1, -0.05) is 13.8 Å². The van der Waals surface area contributed by atoms with Crippen LogP contribution in [0.5, 0.6) is 0 Å². The fourth-order valence-corrected chi connectivity index (χ4v) is 2.47. The Hall–Kier alpha value is -1.21. The van der Waals surface area contributed by atoms with Gasteiger partial charge in [-0.15, -0.1) is 6.01 Å². The molecule has 0 N–H and O–H groups in total. The second-order valence-electron chi connectivity index (χ2n) is 5.73. The van der Waals surface area contributed by atoms with E-state index < -0.39 is 0 Å². The van der Waals surface area contributed by atoms with Crippen LogP contribution in [0.4, 0.5) is 0 Å². The molecule has 1 aliphatic heterocycles. The molecule has 0 bridgehead atoms. The molecule has 0 aromatic heterocycles. The lowest BCUT2D eigenvalue weighted by Crippen LogP contribution is -2.49. The monoisotopic (exact) mass is 266 g/mol. The highest BCUT2D eigenvalue weighted by Crippen LogP contribution is 2.21. The number of quaternary nitrogens is 1. The molecule has 0 unspecified atom stereocenters. The molecule has 1 rings (SSSR count). The quantitative estimate of drug-likeness (QED) is 0.436. The summed E-state index contributed by atoms with van der Waals surface area (Å²) in [4.78, 5) is 2.58. The summed E-state index contributed by atoms with van der Waals surface area (Å²) in [5.41, 5.74) is 0. The van der Waals surface area contributed by atoms with Gasteiger partial charge < -0.3 is 19.6 Å². The van der Waals surface area contributed by atoms with Crippen LogP contribution >= 0.6 is 0 Å². The van der Waals surface area contributed by atoms with Gasteiger partial charge in [0.2, 0.25) is 0 Å². The van der Waals surface area contributed by atoms with Gasteiger partial charge >= 0.3 is 0 Å². The Morgan fingerprint density at radius 3 is 2.16 bits per heavy atom. The zero-order valence-electron chi connectivity index (χ0n) is 12.6. The smallest absolute Gasteiger partial charge is 0.183 e. The van der Waals surface area contributed by atoms with E-state index in [2.05, 4.69) is 32.7 Å². The fraction of sp³-hybridized carbons (Fsp3) is 0.857. The average molecular weight is 266 g/mol. The molecule has 0 aromatic carbocycles. The van der Waals surface area contributed by atoms with Crippen LogP contribution in [0.2, 0.25) is 0 Å². The third-order valence-corrected chi connectivity index (χ3v) is 3.05. The lowest BCUT2D eigenvalue weighted by molar-refractivity contribution is -0.938. The molecule has 1 saturated heterocycles. The first-order chi connectivity index (χ1) is 8.95. The first-order valence-electron chi connectivity index (χ1n) is 6.90. The van der Waals surface area contributed by atoms with Gasteiger partial charge in [0.25, 0.3) is 0 Å². The van der Waals surface area contributed by atoms with Gasteiger partial charge in [0, 0.05) is 18.8 Å². The van der Waals surface area contributed by atoms with E-state index in [1.807, 2.05) is 0 Å². The Bertz CT molecular complexity index is 321. The molecule has 5 heteroatoms. The zero-order valence-corrected chi connectivity index (χ0v) is 12.6. The number of nitriles is 1. The predicted molar refractivity (Wildman–Crippen MR) is 76.4 cm³/mol. The maximum absolute atomic E-state index is 7.43. The molecule has 19 heavy (non-hydrogen) atoms. The fourth-order valence-electron chi connectivity index (χ4n) is 2.47. The summed E-state index contributed by atoms with van der Waals surface area (Å²) in [6.07, 6.45) is 4.42. The van der Waals surface area contributed by atoms with Gasteiger partial charge in [-0.05, 0) is 13.8 Å². The summed E-state index contributed by atoms with van der Waals surface area (Å²) in [6.45, 7) is 13.7. The van der Waals surface area contributed by atoms with Crippen molar-refractivity contribution in [3.8, 4) is 6.19 Å². The van der Waals surface area contributed by atoms with Crippen LogP contribution < -0.4 is 0 Å². The third-order valence-electron chi connectivity index (χ3n) is 3.05. The molecule has 0 radical (unpaired) electrons. The lowest BCUT2D eigenvalue weighted by atomic mass is 10.2. The predicted octanol–water partition coefficient (Wildman–Crippen LogP) is 2.85. The summed E-state index contributed by atoms with van der Waals surface area (Å²) in [6, 6.07) is 1.28. The van der Waals surface area contributed by atoms with Crippen LogP contribution in [-0.4, -0.2) is 43.0 Å². The molecule has 0 amide bonds. The lowest BCUT2D eigenvalue weighted by Gasteiger charge is -2.35. The largest absolute Gasteiger partial charge is 0.422 e.